The number of hydrogen-bond donors (Lipinski definition) is 3. The topological polar surface area (TPSA) is 79.8 Å². The monoisotopic (exact) mass is 450 g/mol. The lowest BCUT2D eigenvalue weighted by atomic mass is 10.2. The minimum Gasteiger partial charge on any atom is -0.490 e. The summed E-state index contributed by atoms with van der Waals surface area (Å²) in [6.07, 6.45) is -0.417. The minimum atomic E-state index is -0.417. The smallest absolute Gasteiger partial charge is 0.262 e. The number of carbonyl (C=O) groups is 1. The van der Waals surface area contributed by atoms with Crippen molar-refractivity contribution in [1.82, 2.24) is 5.32 Å². The first-order valence-electron chi connectivity index (χ1n) is 9.22. The van der Waals surface area contributed by atoms with Crippen LogP contribution in [0.2, 0.25) is 0 Å². The number of aryl methyl sites for hydroxylation is 1. The fourth-order valence-electron chi connectivity index (χ4n) is 2.49. The highest BCUT2D eigenvalue weighted by molar-refractivity contribution is 9.10. The molecule has 2 aromatic carbocycles. The van der Waals surface area contributed by atoms with Gasteiger partial charge in [0.1, 0.15) is 0 Å². The summed E-state index contributed by atoms with van der Waals surface area (Å²) in [6.45, 7) is 7.03. The molecular weight excluding hydrogens is 424 g/mol. The van der Waals surface area contributed by atoms with Crippen molar-refractivity contribution in [2.24, 2.45) is 0 Å². The van der Waals surface area contributed by atoms with Gasteiger partial charge in [0.05, 0.1) is 12.7 Å². The Kier molecular flexibility index (Phi) is 8.76. The summed E-state index contributed by atoms with van der Waals surface area (Å²) >= 11 is 3.53. The largest absolute Gasteiger partial charge is 0.490 e. The minimum absolute atomic E-state index is 0.125. The SMILES string of the molecule is CCOc1cc(CNCC(C)O)c(Br)cc1OCC(=O)Nc1ccc(C)cc1. The molecule has 1 unspecified atom stereocenters. The van der Waals surface area contributed by atoms with E-state index in [-0.39, 0.29) is 12.5 Å². The van der Waals surface area contributed by atoms with Crippen molar-refractivity contribution in [1.29, 1.82) is 0 Å². The van der Waals surface area contributed by atoms with Crippen molar-refractivity contribution in [2.75, 3.05) is 25.1 Å². The molecule has 0 aliphatic rings. The average molecular weight is 451 g/mol. The molecule has 0 aliphatic heterocycles. The van der Waals surface area contributed by atoms with Crippen LogP contribution < -0.4 is 20.1 Å². The third kappa shape index (κ3) is 7.14. The first-order chi connectivity index (χ1) is 13.4. The molecule has 28 heavy (non-hydrogen) atoms. The number of halogens is 1. The lowest BCUT2D eigenvalue weighted by molar-refractivity contribution is -0.118. The second-order valence-electron chi connectivity index (χ2n) is 6.51. The lowest BCUT2D eigenvalue weighted by Crippen LogP contribution is -2.24. The Bertz CT molecular complexity index is 779. The van der Waals surface area contributed by atoms with Crippen molar-refractivity contribution < 1.29 is 19.4 Å². The third-order valence-corrected chi connectivity index (χ3v) is 4.60. The zero-order valence-corrected chi connectivity index (χ0v) is 18.0. The van der Waals surface area contributed by atoms with Crippen molar-refractivity contribution in [3.63, 3.8) is 0 Å². The van der Waals surface area contributed by atoms with Gasteiger partial charge in [0.15, 0.2) is 18.1 Å². The Hall–Kier alpha value is -2.09. The van der Waals surface area contributed by atoms with Gasteiger partial charge in [0, 0.05) is 23.2 Å². The number of benzene rings is 2. The van der Waals surface area contributed by atoms with Crippen molar-refractivity contribution in [2.45, 2.75) is 33.4 Å². The molecule has 2 aromatic rings. The number of nitrogens with one attached hydrogen (secondary N) is 2. The Labute approximate surface area is 174 Å². The van der Waals surface area contributed by atoms with E-state index in [0.717, 1.165) is 21.3 Å². The number of carbonyl (C=O) groups excluding carboxylic acids is 1. The van der Waals surface area contributed by atoms with Crippen molar-refractivity contribution in [3.8, 4) is 11.5 Å². The number of aliphatic hydroxyl groups is 1. The zero-order chi connectivity index (χ0) is 20.5. The van der Waals surface area contributed by atoms with Crippen LogP contribution in [0, 0.1) is 6.92 Å². The molecule has 0 aromatic heterocycles. The van der Waals surface area contributed by atoms with E-state index >= 15 is 0 Å². The van der Waals surface area contributed by atoms with Gasteiger partial charge in [-0.15, -0.1) is 0 Å². The number of hydrogen-bond acceptors (Lipinski definition) is 5. The highest BCUT2D eigenvalue weighted by atomic mass is 79.9. The maximum Gasteiger partial charge on any atom is 0.262 e. The number of ether oxygens (including phenoxy) is 2. The van der Waals surface area contributed by atoms with Crippen LogP contribution in [-0.4, -0.2) is 36.9 Å². The molecule has 3 N–H and O–H groups in total. The van der Waals surface area contributed by atoms with Crippen LogP contribution in [0.5, 0.6) is 11.5 Å². The van der Waals surface area contributed by atoms with E-state index in [1.165, 1.54) is 0 Å². The Morgan fingerprint density at radius 3 is 2.50 bits per heavy atom. The Morgan fingerprint density at radius 1 is 1.18 bits per heavy atom. The molecule has 7 heteroatoms. The maximum absolute atomic E-state index is 12.2. The van der Waals surface area contributed by atoms with Gasteiger partial charge in [-0.2, -0.15) is 0 Å². The summed E-state index contributed by atoms with van der Waals surface area (Å²) in [7, 11) is 0. The van der Waals surface area contributed by atoms with Crippen LogP contribution in [0.15, 0.2) is 40.9 Å². The highest BCUT2D eigenvalue weighted by Gasteiger charge is 2.13. The molecule has 0 bridgehead atoms. The summed E-state index contributed by atoms with van der Waals surface area (Å²) in [5.41, 5.74) is 2.83. The van der Waals surface area contributed by atoms with Crippen LogP contribution in [-0.2, 0) is 11.3 Å². The fraction of sp³-hybridized carbons (Fsp3) is 0.381. The first-order valence-corrected chi connectivity index (χ1v) is 10.0. The van der Waals surface area contributed by atoms with Gasteiger partial charge in [-0.05, 0) is 50.6 Å². The van der Waals surface area contributed by atoms with Gasteiger partial charge in [0.2, 0.25) is 0 Å². The molecule has 0 radical (unpaired) electrons. The van der Waals surface area contributed by atoms with E-state index in [2.05, 4.69) is 26.6 Å². The molecule has 0 heterocycles. The lowest BCUT2D eigenvalue weighted by Gasteiger charge is -2.16. The second kappa shape index (κ2) is 11.0. The summed E-state index contributed by atoms with van der Waals surface area (Å²) in [5.74, 6) is 0.819. The first kappa shape index (κ1) is 22.2. The summed E-state index contributed by atoms with van der Waals surface area (Å²) in [5, 5.41) is 15.3. The van der Waals surface area contributed by atoms with Gasteiger partial charge < -0.3 is 25.2 Å². The standard InChI is InChI=1S/C21H27BrN2O4/c1-4-27-19-9-16(12-23-11-15(3)25)18(22)10-20(19)28-13-21(26)24-17-7-5-14(2)6-8-17/h5-10,15,23,25H,4,11-13H2,1-3H3,(H,24,26). The molecule has 1 atom stereocenters. The predicted molar refractivity (Wildman–Crippen MR) is 114 cm³/mol. The van der Waals surface area contributed by atoms with E-state index < -0.39 is 6.10 Å². The molecule has 0 aliphatic carbocycles. The molecule has 0 saturated heterocycles. The fourth-order valence-corrected chi connectivity index (χ4v) is 2.95. The van der Waals surface area contributed by atoms with Crippen LogP contribution in [0.25, 0.3) is 0 Å². The molecule has 6 nitrogen and oxygen atoms in total. The van der Waals surface area contributed by atoms with Gasteiger partial charge in [-0.1, -0.05) is 33.6 Å². The summed E-state index contributed by atoms with van der Waals surface area (Å²) in [6, 6.07) is 11.2. The Morgan fingerprint density at radius 2 is 1.86 bits per heavy atom. The summed E-state index contributed by atoms with van der Waals surface area (Å²) < 4.78 is 12.2. The Balaban J connectivity index is 2.01. The van der Waals surface area contributed by atoms with E-state index in [4.69, 9.17) is 9.47 Å². The van der Waals surface area contributed by atoms with Crippen molar-refractivity contribution >= 4 is 27.5 Å². The molecule has 152 valence electrons. The molecular formula is C21H27BrN2O4. The number of amides is 1. The molecule has 0 spiro atoms. The van der Waals surface area contributed by atoms with Gasteiger partial charge in [-0.3, -0.25) is 4.79 Å². The van der Waals surface area contributed by atoms with E-state index in [1.54, 1.807) is 13.0 Å². The zero-order valence-electron chi connectivity index (χ0n) is 16.4. The predicted octanol–water partition coefficient (Wildman–Crippen LogP) is 3.64. The van der Waals surface area contributed by atoms with Crippen LogP contribution >= 0.6 is 15.9 Å². The number of anilines is 1. The van der Waals surface area contributed by atoms with E-state index in [1.807, 2.05) is 44.2 Å². The van der Waals surface area contributed by atoms with Crippen molar-refractivity contribution in [3.05, 3.63) is 52.0 Å². The van der Waals surface area contributed by atoms with Gasteiger partial charge >= 0.3 is 0 Å². The van der Waals surface area contributed by atoms with E-state index in [0.29, 0.717) is 31.2 Å². The number of rotatable bonds is 10. The number of aliphatic hydroxyl groups excluding tert-OH is 1. The normalized spacial score (nSPS) is 11.8. The van der Waals surface area contributed by atoms with E-state index in [9.17, 15) is 9.90 Å². The maximum atomic E-state index is 12.2. The molecule has 2 rings (SSSR count). The van der Waals surface area contributed by atoms with Crippen LogP contribution in [0.1, 0.15) is 25.0 Å². The highest BCUT2D eigenvalue weighted by Crippen LogP contribution is 2.34. The van der Waals surface area contributed by atoms with Crippen LogP contribution in [0.3, 0.4) is 0 Å². The quantitative estimate of drug-likeness (QED) is 0.514. The molecule has 1 amide bonds. The second-order valence-corrected chi connectivity index (χ2v) is 7.36. The van der Waals surface area contributed by atoms with Gasteiger partial charge in [-0.25, -0.2) is 0 Å². The van der Waals surface area contributed by atoms with Gasteiger partial charge in [0.25, 0.3) is 5.91 Å². The van der Waals surface area contributed by atoms with Crippen LogP contribution in [0.4, 0.5) is 5.69 Å². The third-order valence-electron chi connectivity index (χ3n) is 3.86. The molecule has 0 fully saturated rings. The average Bonchev–Trinajstić information content (AvgIpc) is 2.64. The molecule has 0 saturated carbocycles. The summed E-state index contributed by atoms with van der Waals surface area (Å²) in [4.78, 5) is 12.2.